The second kappa shape index (κ2) is 4.05. The van der Waals surface area contributed by atoms with Gasteiger partial charge in [0.15, 0.2) is 0 Å². The van der Waals surface area contributed by atoms with E-state index in [1.54, 1.807) is 0 Å². The topological polar surface area (TPSA) is 89.1 Å². The Bertz CT molecular complexity index is 509. The average molecular weight is 223 g/mol. The number of nitrogens with zero attached hydrogens (tertiary/aromatic N) is 3. The zero-order valence-electron chi connectivity index (χ0n) is 7.92. The predicted molar refractivity (Wildman–Crippen MR) is 48.8 cm³/mol. The van der Waals surface area contributed by atoms with E-state index in [9.17, 15) is 9.18 Å². The summed E-state index contributed by atoms with van der Waals surface area (Å²) in [5.74, 6) is -1.43. The number of carbonyl (C=O) groups is 1. The molecule has 0 atom stereocenters. The van der Waals surface area contributed by atoms with Gasteiger partial charge in [0, 0.05) is 0 Å². The van der Waals surface area contributed by atoms with Crippen LogP contribution in [0.4, 0.5) is 4.39 Å². The first kappa shape index (κ1) is 10.2. The fourth-order valence-electron chi connectivity index (χ4n) is 1.07. The highest BCUT2D eigenvalue weighted by molar-refractivity contribution is 5.68. The van der Waals surface area contributed by atoms with Crippen LogP contribution in [0.3, 0.4) is 0 Å². The van der Waals surface area contributed by atoms with Crippen LogP contribution >= 0.6 is 0 Å². The van der Waals surface area contributed by atoms with Gasteiger partial charge in [-0.2, -0.15) is 4.98 Å². The van der Waals surface area contributed by atoms with Crippen LogP contribution in [0.1, 0.15) is 5.89 Å². The van der Waals surface area contributed by atoms with Gasteiger partial charge in [-0.15, -0.1) is 0 Å². The van der Waals surface area contributed by atoms with E-state index in [0.29, 0.717) is 5.69 Å². The van der Waals surface area contributed by atoms with Crippen LogP contribution in [-0.4, -0.2) is 26.2 Å². The molecule has 0 aliphatic rings. The van der Waals surface area contributed by atoms with Gasteiger partial charge in [0.2, 0.25) is 11.7 Å². The van der Waals surface area contributed by atoms with Crippen molar-refractivity contribution in [2.75, 3.05) is 0 Å². The first-order valence-corrected chi connectivity index (χ1v) is 4.31. The molecule has 6 nitrogen and oxygen atoms in total. The van der Waals surface area contributed by atoms with Crippen molar-refractivity contribution in [3.8, 4) is 11.5 Å². The van der Waals surface area contributed by atoms with Crippen LogP contribution in [0, 0.1) is 5.82 Å². The Morgan fingerprint density at radius 1 is 1.50 bits per heavy atom. The summed E-state index contributed by atoms with van der Waals surface area (Å²) in [7, 11) is 0. The zero-order chi connectivity index (χ0) is 11.5. The Kier molecular flexibility index (Phi) is 2.59. The monoisotopic (exact) mass is 223 g/mol. The number of aliphatic carboxylic acids is 1. The summed E-state index contributed by atoms with van der Waals surface area (Å²) < 4.78 is 17.3. The standard InChI is InChI=1S/C9H6FN3O3/c10-5-1-2-6(11-4-5)9-12-7(16-13-9)3-8(14)15/h1-2,4H,3H2,(H,14,15). The first-order chi connectivity index (χ1) is 7.65. The molecule has 0 spiro atoms. The summed E-state index contributed by atoms with van der Waals surface area (Å²) in [6.07, 6.45) is 0.663. The van der Waals surface area contributed by atoms with Gasteiger partial charge < -0.3 is 9.63 Å². The molecule has 2 rings (SSSR count). The molecule has 0 amide bonds. The summed E-state index contributed by atoms with van der Waals surface area (Å²) in [4.78, 5) is 17.9. The molecular formula is C9H6FN3O3. The normalized spacial score (nSPS) is 10.3. The molecule has 0 bridgehead atoms. The Morgan fingerprint density at radius 3 is 2.94 bits per heavy atom. The number of aromatic nitrogens is 3. The molecule has 16 heavy (non-hydrogen) atoms. The molecule has 0 saturated heterocycles. The van der Waals surface area contributed by atoms with Gasteiger partial charge >= 0.3 is 5.97 Å². The van der Waals surface area contributed by atoms with Gasteiger partial charge in [0.1, 0.15) is 17.9 Å². The molecule has 2 heterocycles. The third kappa shape index (κ3) is 2.19. The Labute approximate surface area is 88.7 Å². The van der Waals surface area contributed by atoms with E-state index in [-0.39, 0.29) is 18.1 Å². The van der Waals surface area contributed by atoms with E-state index in [1.807, 2.05) is 0 Å². The fraction of sp³-hybridized carbons (Fsp3) is 0.111. The first-order valence-electron chi connectivity index (χ1n) is 4.31. The van der Waals surface area contributed by atoms with Crippen molar-refractivity contribution < 1.29 is 18.8 Å². The predicted octanol–water partition coefficient (Wildman–Crippen LogP) is 0.898. The molecule has 0 radical (unpaired) electrons. The molecule has 7 heteroatoms. The summed E-state index contributed by atoms with van der Waals surface area (Å²) in [5.41, 5.74) is 0.321. The van der Waals surface area contributed by atoms with Crippen molar-refractivity contribution in [1.29, 1.82) is 0 Å². The molecule has 2 aromatic rings. The molecule has 2 aromatic heterocycles. The van der Waals surface area contributed by atoms with Crippen molar-refractivity contribution in [1.82, 2.24) is 15.1 Å². The summed E-state index contributed by atoms with van der Waals surface area (Å²) >= 11 is 0. The molecule has 0 unspecified atom stereocenters. The van der Waals surface area contributed by atoms with E-state index in [2.05, 4.69) is 19.6 Å². The Hall–Kier alpha value is -2.31. The largest absolute Gasteiger partial charge is 0.481 e. The number of hydrogen-bond donors (Lipinski definition) is 1. The Morgan fingerprint density at radius 2 is 2.31 bits per heavy atom. The maximum atomic E-state index is 12.6. The maximum Gasteiger partial charge on any atom is 0.312 e. The minimum Gasteiger partial charge on any atom is -0.481 e. The van der Waals surface area contributed by atoms with E-state index < -0.39 is 11.8 Å². The van der Waals surface area contributed by atoms with Crippen LogP contribution in [-0.2, 0) is 11.2 Å². The molecule has 0 aliphatic heterocycles. The van der Waals surface area contributed by atoms with Crippen LogP contribution in [0.25, 0.3) is 11.5 Å². The summed E-state index contributed by atoms with van der Waals surface area (Å²) in [6, 6.07) is 2.58. The fourth-order valence-corrected chi connectivity index (χ4v) is 1.07. The summed E-state index contributed by atoms with van der Waals surface area (Å²) in [6.45, 7) is 0. The highest BCUT2D eigenvalue weighted by atomic mass is 19.1. The van der Waals surface area contributed by atoms with Crippen LogP contribution < -0.4 is 0 Å². The van der Waals surface area contributed by atoms with E-state index in [1.165, 1.54) is 12.1 Å². The van der Waals surface area contributed by atoms with E-state index in [0.717, 1.165) is 6.20 Å². The highest BCUT2D eigenvalue weighted by Crippen LogP contribution is 2.12. The van der Waals surface area contributed by atoms with Crippen molar-refractivity contribution in [2.45, 2.75) is 6.42 Å². The lowest BCUT2D eigenvalue weighted by atomic mass is 10.3. The Balaban J connectivity index is 2.24. The number of hydrogen-bond acceptors (Lipinski definition) is 5. The van der Waals surface area contributed by atoms with Gasteiger partial charge in [0.05, 0.1) is 6.20 Å². The molecule has 1 N–H and O–H groups in total. The van der Waals surface area contributed by atoms with Crippen molar-refractivity contribution in [2.24, 2.45) is 0 Å². The van der Waals surface area contributed by atoms with Gasteiger partial charge in [-0.05, 0) is 12.1 Å². The zero-order valence-corrected chi connectivity index (χ0v) is 7.92. The lowest BCUT2D eigenvalue weighted by Crippen LogP contribution is -1.99. The maximum absolute atomic E-state index is 12.6. The highest BCUT2D eigenvalue weighted by Gasteiger charge is 2.12. The van der Waals surface area contributed by atoms with Crippen molar-refractivity contribution in [3.05, 3.63) is 30.0 Å². The minimum absolute atomic E-state index is 0.0198. The van der Waals surface area contributed by atoms with Gasteiger partial charge in [0.25, 0.3) is 0 Å². The molecule has 0 aromatic carbocycles. The lowest BCUT2D eigenvalue weighted by molar-refractivity contribution is -0.136. The summed E-state index contributed by atoms with van der Waals surface area (Å²) in [5, 5.41) is 12.0. The smallest absolute Gasteiger partial charge is 0.312 e. The minimum atomic E-state index is -1.07. The molecule has 0 saturated carbocycles. The quantitative estimate of drug-likeness (QED) is 0.831. The molecular weight excluding hydrogens is 217 g/mol. The number of pyridine rings is 1. The SMILES string of the molecule is O=C(O)Cc1nc(-c2ccc(F)cn2)no1. The van der Waals surface area contributed by atoms with E-state index >= 15 is 0 Å². The van der Waals surface area contributed by atoms with E-state index in [4.69, 9.17) is 5.11 Å². The van der Waals surface area contributed by atoms with Gasteiger partial charge in [-0.1, -0.05) is 5.16 Å². The van der Waals surface area contributed by atoms with Gasteiger partial charge in [-0.25, -0.2) is 9.37 Å². The lowest BCUT2D eigenvalue weighted by Gasteiger charge is -1.91. The third-order valence-electron chi connectivity index (χ3n) is 1.73. The van der Waals surface area contributed by atoms with Crippen LogP contribution in [0.5, 0.6) is 0 Å². The average Bonchev–Trinajstić information content (AvgIpc) is 2.66. The third-order valence-corrected chi connectivity index (χ3v) is 1.73. The van der Waals surface area contributed by atoms with Gasteiger partial charge in [-0.3, -0.25) is 4.79 Å². The second-order valence-electron chi connectivity index (χ2n) is 2.94. The molecule has 82 valence electrons. The van der Waals surface area contributed by atoms with Crippen LogP contribution in [0.15, 0.2) is 22.9 Å². The number of rotatable bonds is 3. The van der Waals surface area contributed by atoms with Crippen LogP contribution in [0.2, 0.25) is 0 Å². The molecule has 0 aliphatic carbocycles. The van der Waals surface area contributed by atoms with Crippen molar-refractivity contribution >= 4 is 5.97 Å². The number of halogens is 1. The number of carboxylic acid groups (broad SMARTS) is 1. The second-order valence-corrected chi connectivity index (χ2v) is 2.94. The molecule has 0 fully saturated rings. The van der Waals surface area contributed by atoms with Crippen molar-refractivity contribution in [3.63, 3.8) is 0 Å². The number of carboxylic acids is 1.